The molecule has 1 amide bonds. The molecule has 0 aliphatic heterocycles. The van der Waals surface area contributed by atoms with Crippen molar-refractivity contribution in [1.82, 2.24) is 5.32 Å². The zero-order valence-electron chi connectivity index (χ0n) is 8.27. The molecule has 0 aliphatic carbocycles. The number of carbonyl (C=O) groups is 1. The Labute approximate surface area is 86.2 Å². The standard InChI is InChI=1S/C9H13F3N2O/c1-3-4-7(13)8(15)14-6(2)5-9(10,11)12/h1,6-7H,4-5,13H2,2H3,(H,14,15). The second-order valence-electron chi connectivity index (χ2n) is 3.24. The average molecular weight is 222 g/mol. The summed E-state index contributed by atoms with van der Waals surface area (Å²) >= 11 is 0. The number of nitrogens with one attached hydrogen (secondary N) is 1. The van der Waals surface area contributed by atoms with Crippen molar-refractivity contribution in [2.75, 3.05) is 0 Å². The van der Waals surface area contributed by atoms with E-state index in [4.69, 9.17) is 12.2 Å². The number of nitrogens with two attached hydrogens (primary N) is 1. The van der Waals surface area contributed by atoms with Gasteiger partial charge in [0.05, 0.1) is 12.5 Å². The van der Waals surface area contributed by atoms with Gasteiger partial charge in [0.25, 0.3) is 0 Å². The van der Waals surface area contributed by atoms with E-state index in [-0.39, 0.29) is 6.42 Å². The maximum atomic E-state index is 11.9. The van der Waals surface area contributed by atoms with Gasteiger partial charge in [-0.05, 0) is 6.92 Å². The molecule has 0 aromatic heterocycles. The zero-order valence-corrected chi connectivity index (χ0v) is 8.27. The topological polar surface area (TPSA) is 55.1 Å². The summed E-state index contributed by atoms with van der Waals surface area (Å²) in [7, 11) is 0. The summed E-state index contributed by atoms with van der Waals surface area (Å²) in [4.78, 5) is 11.1. The van der Waals surface area contributed by atoms with Gasteiger partial charge in [0.1, 0.15) is 0 Å². The minimum atomic E-state index is -4.30. The Balaban J connectivity index is 4.03. The summed E-state index contributed by atoms with van der Waals surface area (Å²) in [6.45, 7) is 1.26. The van der Waals surface area contributed by atoms with Crippen LogP contribution < -0.4 is 11.1 Å². The molecule has 0 aromatic rings. The number of carbonyl (C=O) groups excluding carboxylic acids is 1. The predicted molar refractivity (Wildman–Crippen MR) is 49.7 cm³/mol. The molecule has 15 heavy (non-hydrogen) atoms. The molecule has 3 N–H and O–H groups in total. The normalized spacial score (nSPS) is 15.2. The Morgan fingerprint density at radius 2 is 2.13 bits per heavy atom. The predicted octanol–water partition coefficient (Wildman–Crippen LogP) is 0.794. The second kappa shape index (κ2) is 5.61. The third kappa shape index (κ3) is 6.80. The molecule has 0 aliphatic rings. The van der Waals surface area contributed by atoms with Crippen LogP contribution in [0.1, 0.15) is 19.8 Å². The van der Waals surface area contributed by atoms with Gasteiger partial charge in [0, 0.05) is 12.5 Å². The highest BCUT2D eigenvalue weighted by atomic mass is 19.4. The molecule has 0 spiro atoms. The van der Waals surface area contributed by atoms with Crippen molar-refractivity contribution in [2.45, 2.75) is 38.0 Å². The van der Waals surface area contributed by atoms with Crippen molar-refractivity contribution in [3.8, 4) is 12.3 Å². The van der Waals surface area contributed by atoms with E-state index in [9.17, 15) is 18.0 Å². The Hall–Kier alpha value is -1.22. The van der Waals surface area contributed by atoms with E-state index in [1.165, 1.54) is 6.92 Å². The molecule has 3 nitrogen and oxygen atoms in total. The fraction of sp³-hybridized carbons (Fsp3) is 0.667. The van der Waals surface area contributed by atoms with Crippen LogP contribution in [0.3, 0.4) is 0 Å². The molecule has 0 saturated heterocycles. The first-order valence-corrected chi connectivity index (χ1v) is 4.32. The van der Waals surface area contributed by atoms with Crippen LogP contribution in [0.25, 0.3) is 0 Å². The van der Waals surface area contributed by atoms with Crippen molar-refractivity contribution in [3.05, 3.63) is 0 Å². The van der Waals surface area contributed by atoms with Gasteiger partial charge in [0.15, 0.2) is 0 Å². The number of hydrogen-bond acceptors (Lipinski definition) is 2. The monoisotopic (exact) mass is 222 g/mol. The molecular formula is C9H13F3N2O. The zero-order chi connectivity index (χ0) is 12.1. The number of halogens is 3. The first kappa shape index (κ1) is 13.8. The van der Waals surface area contributed by atoms with E-state index >= 15 is 0 Å². The van der Waals surface area contributed by atoms with E-state index in [1.807, 2.05) is 0 Å². The molecule has 0 fully saturated rings. The quantitative estimate of drug-likeness (QED) is 0.691. The minimum absolute atomic E-state index is 0.00453. The van der Waals surface area contributed by atoms with Gasteiger partial charge in [-0.25, -0.2) is 0 Å². The molecule has 0 saturated carbocycles. The lowest BCUT2D eigenvalue weighted by atomic mass is 10.2. The maximum absolute atomic E-state index is 11.9. The van der Waals surface area contributed by atoms with Crippen LogP contribution in [0.2, 0.25) is 0 Å². The highest BCUT2D eigenvalue weighted by molar-refractivity contribution is 5.82. The molecule has 0 radical (unpaired) electrons. The van der Waals surface area contributed by atoms with Gasteiger partial charge in [0.2, 0.25) is 5.91 Å². The summed E-state index contributed by atoms with van der Waals surface area (Å²) in [6, 6.07) is -1.95. The third-order valence-corrected chi connectivity index (χ3v) is 1.60. The summed E-state index contributed by atoms with van der Waals surface area (Å²) in [5.74, 6) is 1.50. The van der Waals surface area contributed by atoms with Crippen LogP contribution in [0.15, 0.2) is 0 Å². The lowest BCUT2D eigenvalue weighted by Crippen LogP contribution is -2.45. The fourth-order valence-electron chi connectivity index (χ4n) is 0.968. The van der Waals surface area contributed by atoms with Gasteiger partial charge < -0.3 is 11.1 Å². The first-order chi connectivity index (χ1) is 6.76. The number of alkyl halides is 3. The van der Waals surface area contributed by atoms with Crippen molar-refractivity contribution in [1.29, 1.82) is 0 Å². The molecule has 86 valence electrons. The van der Waals surface area contributed by atoms with Crippen molar-refractivity contribution < 1.29 is 18.0 Å². The van der Waals surface area contributed by atoms with Gasteiger partial charge >= 0.3 is 6.18 Å². The summed E-state index contributed by atoms with van der Waals surface area (Å²) in [5.41, 5.74) is 5.30. The SMILES string of the molecule is C#CCC(N)C(=O)NC(C)CC(F)(F)F. The third-order valence-electron chi connectivity index (χ3n) is 1.60. The van der Waals surface area contributed by atoms with Crippen molar-refractivity contribution in [2.24, 2.45) is 5.73 Å². The van der Waals surface area contributed by atoms with Gasteiger partial charge in [-0.1, -0.05) is 0 Å². The number of rotatable bonds is 4. The van der Waals surface area contributed by atoms with E-state index in [2.05, 4.69) is 11.2 Å². The van der Waals surface area contributed by atoms with E-state index in [1.54, 1.807) is 0 Å². The van der Waals surface area contributed by atoms with Gasteiger partial charge in [-0.2, -0.15) is 13.2 Å². The van der Waals surface area contributed by atoms with E-state index < -0.39 is 30.6 Å². The molecule has 0 rings (SSSR count). The Kier molecular flexibility index (Phi) is 5.15. The maximum Gasteiger partial charge on any atom is 0.391 e. The largest absolute Gasteiger partial charge is 0.391 e. The van der Waals surface area contributed by atoms with Crippen LogP contribution in [-0.4, -0.2) is 24.2 Å². The Morgan fingerprint density at radius 1 is 1.60 bits per heavy atom. The summed E-state index contributed by atoms with van der Waals surface area (Å²) in [6.07, 6.45) is -0.470. The average Bonchev–Trinajstić information content (AvgIpc) is 2.00. The minimum Gasteiger partial charge on any atom is -0.352 e. The molecule has 0 aromatic carbocycles. The van der Waals surface area contributed by atoms with E-state index in [0.717, 1.165) is 0 Å². The highest BCUT2D eigenvalue weighted by Gasteiger charge is 2.31. The van der Waals surface area contributed by atoms with Gasteiger partial charge in [-0.15, -0.1) is 12.3 Å². The number of terminal acetylenes is 1. The van der Waals surface area contributed by atoms with Crippen LogP contribution in [0.4, 0.5) is 13.2 Å². The Bertz CT molecular complexity index is 257. The lowest BCUT2D eigenvalue weighted by Gasteiger charge is -2.17. The molecule has 2 unspecified atom stereocenters. The first-order valence-electron chi connectivity index (χ1n) is 4.32. The number of amides is 1. The van der Waals surface area contributed by atoms with Crippen molar-refractivity contribution >= 4 is 5.91 Å². The number of hydrogen-bond donors (Lipinski definition) is 2. The van der Waals surface area contributed by atoms with Crippen LogP contribution >= 0.6 is 0 Å². The summed E-state index contributed by atoms with van der Waals surface area (Å²) in [5, 5.41) is 2.14. The molecule has 0 heterocycles. The molecule has 2 atom stereocenters. The van der Waals surface area contributed by atoms with Crippen LogP contribution in [0, 0.1) is 12.3 Å². The van der Waals surface area contributed by atoms with Crippen LogP contribution in [0.5, 0.6) is 0 Å². The van der Waals surface area contributed by atoms with Gasteiger partial charge in [-0.3, -0.25) is 4.79 Å². The molecular weight excluding hydrogens is 209 g/mol. The molecule has 0 bridgehead atoms. The fourth-order valence-corrected chi connectivity index (χ4v) is 0.968. The van der Waals surface area contributed by atoms with Crippen molar-refractivity contribution in [3.63, 3.8) is 0 Å². The Morgan fingerprint density at radius 3 is 2.53 bits per heavy atom. The highest BCUT2D eigenvalue weighted by Crippen LogP contribution is 2.21. The smallest absolute Gasteiger partial charge is 0.352 e. The summed E-state index contributed by atoms with van der Waals surface area (Å²) < 4.78 is 35.7. The second-order valence-corrected chi connectivity index (χ2v) is 3.24. The van der Waals surface area contributed by atoms with Crippen LogP contribution in [-0.2, 0) is 4.79 Å². The van der Waals surface area contributed by atoms with E-state index in [0.29, 0.717) is 0 Å². The molecule has 6 heteroatoms. The lowest BCUT2D eigenvalue weighted by molar-refractivity contribution is -0.141.